The third kappa shape index (κ3) is 4.64. The summed E-state index contributed by atoms with van der Waals surface area (Å²) in [5.41, 5.74) is 9.54. The van der Waals surface area contributed by atoms with E-state index in [1.807, 2.05) is 6.08 Å². The molecule has 6 aromatic carbocycles. The van der Waals surface area contributed by atoms with Crippen LogP contribution in [0.5, 0.6) is 0 Å². The lowest BCUT2D eigenvalue weighted by Crippen LogP contribution is -2.10. The Bertz CT molecular complexity index is 1820. The van der Waals surface area contributed by atoms with E-state index in [0.29, 0.717) is 0 Å². The van der Waals surface area contributed by atoms with Crippen LogP contribution in [0, 0.1) is 0 Å². The molecule has 1 nitrogen and oxygen atoms in total. The Morgan fingerprint density at radius 1 is 0.590 bits per heavy atom. The molecule has 0 N–H and O–H groups in total. The molecule has 0 saturated heterocycles. The van der Waals surface area contributed by atoms with Gasteiger partial charge < -0.3 is 4.90 Å². The summed E-state index contributed by atoms with van der Waals surface area (Å²) in [5.74, 6) is 0. The number of hydrogen-bond acceptors (Lipinski definition) is 1. The smallest absolute Gasteiger partial charge is 0.0494 e. The monoisotopic (exact) mass is 501 g/mol. The van der Waals surface area contributed by atoms with Crippen molar-refractivity contribution in [2.75, 3.05) is 11.9 Å². The lowest BCUT2D eigenvalue weighted by atomic mass is 9.96. The standard InChI is InChI=1S/C38H31N/c1-4-10-35-27(5-2)26-38(37-14-9-8-13-36(35)37)39(3)34-23-21-30(22-24-34)29-15-17-31(18-16-29)33-20-19-28-11-6-7-12-32(28)25-33/h4-26H,2H2,1,3H3/b10-4-. The van der Waals surface area contributed by atoms with Crippen molar-refractivity contribution in [3.63, 3.8) is 0 Å². The summed E-state index contributed by atoms with van der Waals surface area (Å²) in [6.45, 7) is 6.14. The molecule has 0 radical (unpaired) electrons. The summed E-state index contributed by atoms with van der Waals surface area (Å²) in [6.07, 6.45) is 6.21. The number of allylic oxidation sites excluding steroid dienone is 1. The minimum Gasteiger partial charge on any atom is -0.344 e. The molecule has 0 aliphatic rings. The van der Waals surface area contributed by atoms with Crippen LogP contribution in [0.15, 0.2) is 134 Å². The predicted molar refractivity (Wildman–Crippen MR) is 172 cm³/mol. The molecule has 0 spiro atoms. The highest BCUT2D eigenvalue weighted by Gasteiger charge is 2.13. The summed E-state index contributed by atoms with van der Waals surface area (Å²) < 4.78 is 0. The van der Waals surface area contributed by atoms with Gasteiger partial charge >= 0.3 is 0 Å². The van der Waals surface area contributed by atoms with Gasteiger partial charge in [-0.15, -0.1) is 0 Å². The van der Waals surface area contributed by atoms with E-state index in [9.17, 15) is 0 Å². The Morgan fingerprint density at radius 3 is 1.82 bits per heavy atom. The first-order valence-corrected chi connectivity index (χ1v) is 13.4. The number of fused-ring (bicyclic) bond motifs is 2. The van der Waals surface area contributed by atoms with Crippen molar-refractivity contribution < 1.29 is 0 Å². The van der Waals surface area contributed by atoms with Crippen LogP contribution < -0.4 is 4.90 Å². The Morgan fingerprint density at radius 2 is 1.15 bits per heavy atom. The van der Waals surface area contributed by atoms with Crippen molar-refractivity contribution in [1.82, 2.24) is 0 Å². The molecule has 1 heteroatoms. The molecule has 0 fully saturated rings. The van der Waals surface area contributed by atoms with E-state index in [2.05, 4.69) is 159 Å². The molecule has 0 atom stereocenters. The van der Waals surface area contributed by atoms with E-state index in [-0.39, 0.29) is 0 Å². The highest BCUT2D eigenvalue weighted by atomic mass is 15.1. The zero-order valence-corrected chi connectivity index (χ0v) is 22.4. The Balaban J connectivity index is 1.29. The second kappa shape index (κ2) is 10.5. The second-order valence-electron chi connectivity index (χ2n) is 9.89. The molecule has 0 bridgehead atoms. The first-order valence-electron chi connectivity index (χ1n) is 13.4. The topological polar surface area (TPSA) is 3.24 Å². The van der Waals surface area contributed by atoms with E-state index < -0.39 is 0 Å². The van der Waals surface area contributed by atoms with Crippen molar-refractivity contribution in [3.05, 3.63) is 145 Å². The fourth-order valence-corrected chi connectivity index (χ4v) is 5.44. The minimum absolute atomic E-state index is 1.14. The number of benzene rings is 6. The summed E-state index contributed by atoms with van der Waals surface area (Å²) in [7, 11) is 2.14. The highest BCUT2D eigenvalue weighted by molar-refractivity contribution is 6.03. The van der Waals surface area contributed by atoms with Crippen molar-refractivity contribution in [1.29, 1.82) is 0 Å². The second-order valence-corrected chi connectivity index (χ2v) is 9.89. The van der Waals surface area contributed by atoms with Crippen LogP contribution in [0.3, 0.4) is 0 Å². The van der Waals surface area contributed by atoms with Gasteiger partial charge in [0.1, 0.15) is 0 Å². The first-order chi connectivity index (χ1) is 19.2. The Kier molecular flexibility index (Phi) is 6.57. The van der Waals surface area contributed by atoms with Gasteiger partial charge in [-0.2, -0.15) is 0 Å². The first kappa shape index (κ1) is 24.5. The number of hydrogen-bond donors (Lipinski definition) is 0. The maximum atomic E-state index is 4.09. The van der Waals surface area contributed by atoms with E-state index >= 15 is 0 Å². The molecule has 6 rings (SSSR count). The van der Waals surface area contributed by atoms with Gasteiger partial charge in [0.15, 0.2) is 0 Å². The van der Waals surface area contributed by atoms with Crippen molar-refractivity contribution in [2.24, 2.45) is 0 Å². The fraction of sp³-hybridized carbons (Fsp3) is 0.0526. The fourth-order valence-electron chi connectivity index (χ4n) is 5.44. The predicted octanol–water partition coefficient (Wildman–Crippen LogP) is 10.8. The van der Waals surface area contributed by atoms with Gasteiger partial charge in [-0.1, -0.05) is 122 Å². The average Bonchev–Trinajstić information content (AvgIpc) is 3.01. The van der Waals surface area contributed by atoms with Gasteiger partial charge in [0, 0.05) is 23.8 Å². The molecule has 0 heterocycles. The van der Waals surface area contributed by atoms with Crippen molar-refractivity contribution in [3.8, 4) is 22.3 Å². The summed E-state index contributed by atoms with van der Waals surface area (Å²) in [5, 5.41) is 5.00. The molecule has 0 aliphatic carbocycles. The lowest BCUT2D eigenvalue weighted by Gasteiger charge is -2.24. The zero-order chi connectivity index (χ0) is 26.8. The van der Waals surface area contributed by atoms with Crippen molar-refractivity contribution in [2.45, 2.75) is 6.92 Å². The Labute approximate surface area is 231 Å². The molecular weight excluding hydrogens is 470 g/mol. The molecular formula is C38H31N. The van der Waals surface area contributed by atoms with Crippen LogP contribution in [0.2, 0.25) is 0 Å². The average molecular weight is 502 g/mol. The van der Waals surface area contributed by atoms with Crippen LogP contribution in [0.1, 0.15) is 18.1 Å². The summed E-state index contributed by atoms with van der Waals surface area (Å²) >= 11 is 0. The van der Waals surface area contributed by atoms with E-state index in [1.165, 1.54) is 55.0 Å². The third-order valence-corrected chi connectivity index (χ3v) is 7.57. The van der Waals surface area contributed by atoms with Gasteiger partial charge in [0.2, 0.25) is 0 Å². The van der Waals surface area contributed by atoms with E-state index in [1.54, 1.807) is 0 Å². The van der Waals surface area contributed by atoms with Gasteiger partial charge in [0.05, 0.1) is 0 Å². The van der Waals surface area contributed by atoms with E-state index in [4.69, 9.17) is 0 Å². The molecule has 0 aliphatic heterocycles. The quantitative estimate of drug-likeness (QED) is 0.219. The lowest BCUT2D eigenvalue weighted by molar-refractivity contribution is 1.22. The van der Waals surface area contributed by atoms with Crippen molar-refractivity contribution >= 4 is 45.1 Å². The summed E-state index contributed by atoms with van der Waals surface area (Å²) in [4.78, 5) is 2.27. The molecule has 0 amide bonds. The van der Waals surface area contributed by atoms with Gasteiger partial charge in [0.25, 0.3) is 0 Å². The van der Waals surface area contributed by atoms with Crippen LogP contribution in [0.25, 0.3) is 56.0 Å². The van der Waals surface area contributed by atoms with Gasteiger partial charge in [-0.3, -0.25) is 0 Å². The Hall–Kier alpha value is -4.88. The number of anilines is 2. The largest absolute Gasteiger partial charge is 0.344 e. The summed E-state index contributed by atoms with van der Waals surface area (Å²) in [6, 6.07) is 43.7. The van der Waals surface area contributed by atoms with Crippen LogP contribution in [-0.4, -0.2) is 7.05 Å². The zero-order valence-electron chi connectivity index (χ0n) is 22.4. The molecule has 39 heavy (non-hydrogen) atoms. The van der Waals surface area contributed by atoms with Crippen LogP contribution >= 0.6 is 0 Å². The molecule has 0 unspecified atom stereocenters. The molecule has 0 aromatic heterocycles. The highest BCUT2D eigenvalue weighted by Crippen LogP contribution is 2.37. The minimum atomic E-state index is 1.14. The van der Waals surface area contributed by atoms with Crippen LogP contribution in [-0.2, 0) is 0 Å². The van der Waals surface area contributed by atoms with Gasteiger partial charge in [-0.25, -0.2) is 0 Å². The van der Waals surface area contributed by atoms with E-state index in [0.717, 1.165) is 11.3 Å². The maximum Gasteiger partial charge on any atom is 0.0494 e. The number of rotatable bonds is 6. The van der Waals surface area contributed by atoms with Crippen LogP contribution in [0.4, 0.5) is 11.4 Å². The molecule has 188 valence electrons. The SMILES string of the molecule is C=Cc1cc(N(C)c2ccc(-c3ccc(-c4ccc5ccccc5c4)cc3)cc2)c2ccccc2c1/C=C\C. The molecule has 0 saturated carbocycles. The van der Waals surface area contributed by atoms with Gasteiger partial charge in [-0.05, 0) is 80.7 Å². The normalized spacial score (nSPS) is 11.3. The number of nitrogens with zero attached hydrogens (tertiary/aromatic N) is 1. The maximum absolute atomic E-state index is 4.09. The third-order valence-electron chi connectivity index (χ3n) is 7.57. The molecule has 6 aromatic rings.